The first kappa shape index (κ1) is 10.7. The largest absolute Gasteiger partial charge is 0.361 e. The zero-order valence-electron chi connectivity index (χ0n) is 9.45. The summed E-state index contributed by atoms with van der Waals surface area (Å²) in [5.74, 6) is 0. The molecule has 1 heterocycles. The standard InChI is InChI=1S/C11H20N2O2/c1-2-15-9-12-7-8-13(11(12)14)10-5-3-4-6-10/h10H,2-9H2,1H3. The van der Waals surface area contributed by atoms with E-state index in [2.05, 4.69) is 0 Å². The molecule has 2 amide bonds. The average molecular weight is 212 g/mol. The summed E-state index contributed by atoms with van der Waals surface area (Å²) in [5.41, 5.74) is 0. The van der Waals surface area contributed by atoms with Crippen molar-refractivity contribution in [3.8, 4) is 0 Å². The smallest absolute Gasteiger partial charge is 0.322 e. The van der Waals surface area contributed by atoms with E-state index in [0.717, 1.165) is 13.1 Å². The molecule has 1 aliphatic heterocycles. The van der Waals surface area contributed by atoms with Gasteiger partial charge in [0.05, 0.1) is 0 Å². The fraction of sp³-hybridized carbons (Fsp3) is 0.909. The Morgan fingerprint density at radius 1 is 1.33 bits per heavy atom. The molecule has 1 saturated carbocycles. The maximum atomic E-state index is 12.0. The van der Waals surface area contributed by atoms with Crippen molar-refractivity contribution in [2.45, 2.75) is 38.6 Å². The Hall–Kier alpha value is -0.770. The van der Waals surface area contributed by atoms with Gasteiger partial charge in [0.25, 0.3) is 0 Å². The van der Waals surface area contributed by atoms with Crippen LogP contribution in [0.4, 0.5) is 4.79 Å². The Morgan fingerprint density at radius 2 is 2.07 bits per heavy atom. The van der Waals surface area contributed by atoms with E-state index in [1.54, 1.807) is 0 Å². The van der Waals surface area contributed by atoms with Crippen LogP contribution in [-0.2, 0) is 4.74 Å². The highest BCUT2D eigenvalue weighted by Gasteiger charge is 2.34. The van der Waals surface area contributed by atoms with E-state index >= 15 is 0 Å². The minimum atomic E-state index is 0.176. The van der Waals surface area contributed by atoms with Crippen LogP contribution in [-0.4, -0.2) is 48.3 Å². The van der Waals surface area contributed by atoms with Crippen LogP contribution in [0.1, 0.15) is 32.6 Å². The number of rotatable bonds is 4. The summed E-state index contributed by atoms with van der Waals surface area (Å²) < 4.78 is 5.28. The third-order valence-corrected chi connectivity index (χ3v) is 3.34. The zero-order valence-corrected chi connectivity index (χ0v) is 9.45. The van der Waals surface area contributed by atoms with Crippen LogP contribution in [0.15, 0.2) is 0 Å². The summed E-state index contributed by atoms with van der Waals surface area (Å²) in [4.78, 5) is 15.8. The zero-order chi connectivity index (χ0) is 10.7. The molecule has 0 bridgehead atoms. The minimum Gasteiger partial charge on any atom is -0.361 e. The molecule has 0 radical (unpaired) electrons. The predicted octanol–water partition coefficient (Wildman–Crippen LogP) is 1.66. The molecule has 0 aromatic carbocycles. The summed E-state index contributed by atoms with van der Waals surface area (Å²) in [7, 11) is 0. The third kappa shape index (κ3) is 2.25. The van der Waals surface area contributed by atoms with Crippen molar-refractivity contribution in [1.29, 1.82) is 0 Å². The molecule has 0 unspecified atom stereocenters. The van der Waals surface area contributed by atoms with E-state index in [-0.39, 0.29) is 6.03 Å². The second kappa shape index (κ2) is 4.84. The Labute approximate surface area is 91.2 Å². The lowest BCUT2D eigenvalue weighted by Crippen LogP contribution is -2.38. The summed E-state index contributed by atoms with van der Waals surface area (Å²) in [5, 5.41) is 0. The summed E-state index contributed by atoms with van der Waals surface area (Å²) in [6, 6.07) is 0.680. The van der Waals surface area contributed by atoms with Gasteiger partial charge < -0.3 is 9.64 Å². The van der Waals surface area contributed by atoms with Crippen LogP contribution < -0.4 is 0 Å². The maximum absolute atomic E-state index is 12.0. The molecule has 4 heteroatoms. The molecule has 0 N–H and O–H groups in total. The number of nitrogens with zero attached hydrogens (tertiary/aromatic N) is 2. The van der Waals surface area contributed by atoms with Gasteiger partial charge in [-0.3, -0.25) is 4.90 Å². The van der Waals surface area contributed by atoms with Crippen molar-refractivity contribution in [1.82, 2.24) is 9.80 Å². The number of carbonyl (C=O) groups excluding carboxylic acids is 1. The lowest BCUT2D eigenvalue weighted by molar-refractivity contribution is 0.0625. The SMILES string of the molecule is CCOCN1CCN(C2CCCC2)C1=O. The van der Waals surface area contributed by atoms with E-state index in [1.807, 2.05) is 16.7 Å². The van der Waals surface area contributed by atoms with Crippen LogP contribution >= 0.6 is 0 Å². The van der Waals surface area contributed by atoms with Crippen LogP contribution in [0.5, 0.6) is 0 Å². The van der Waals surface area contributed by atoms with Crippen molar-refractivity contribution in [3.05, 3.63) is 0 Å². The van der Waals surface area contributed by atoms with Gasteiger partial charge in [0, 0.05) is 25.7 Å². The number of hydrogen-bond donors (Lipinski definition) is 0. The molecule has 86 valence electrons. The molecular formula is C11H20N2O2. The first-order valence-electron chi connectivity index (χ1n) is 5.96. The third-order valence-electron chi connectivity index (χ3n) is 3.34. The molecule has 4 nitrogen and oxygen atoms in total. The van der Waals surface area contributed by atoms with Gasteiger partial charge in [-0.1, -0.05) is 12.8 Å². The molecule has 1 aliphatic carbocycles. The maximum Gasteiger partial charge on any atom is 0.322 e. The van der Waals surface area contributed by atoms with Gasteiger partial charge in [-0.05, 0) is 19.8 Å². The van der Waals surface area contributed by atoms with Gasteiger partial charge in [-0.2, -0.15) is 0 Å². The molecule has 0 aromatic rings. The Morgan fingerprint density at radius 3 is 2.73 bits per heavy atom. The van der Waals surface area contributed by atoms with Crippen LogP contribution in [0, 0.1) is 0 Å². The highest BCUT2D eigenvalue weighted by Crippen LogP contribution is 2.26. The number of ether oxygens (including phenoxy) is 1. The first-order valence-corrected chi connectivity index (χ1v) is 5.96. The van der Waals surface area contributed by atoms with Crippen LogP contribution in [0.3, 0.4) is 0 Å². The quantitative estimate of drug-likeness (QED) is 0.710. The molecular weight excluding hydrogens is 192 g/mol. The fourth-order valence-corrected chi connectivity index (χ4v) is 2.48. The molecule has 0 spiro atoms. The van der Waals surface area contributed by atoms with E-state index in [0.29, 0.717) is 19.4 Å². The second-order valence-corrected chi connectivity index (χ2v) is 4.30. The van der Waals surface area contributed by atoms with E-state index in [4.69, 9.17) is 4.74 Å². The Kier molecular flexibility index (Phi) is 3.46. The normalized spacial score (nSPS) is 23.1. The number of amides is 2. The fourth-order valence-electron chi connectivity index (χ4n) is 2.48. The summed E-state index contributed by atoms with van der Waals surface area (Å²) >= 11 is 0. The van der Waals surface area contributed by atoms with Gasteiger partial charge in [-0.25, -0.2) is 4.79 Å². The Bertz CT molecular complexity index is 227. The number of urea groups is 1. The second-order valence-electron chi connectivity index (χ2n) is 4.30. The van der Waals surface area contributed by atoms with E-state index in [9.17, 15) is 4.79 Å². The lowest BCUT2D eigenvalue weighted by Gasteiger charge is -2.23. The van der Waals surface area contributed by atoms with Crippen LogP contribution in [0.2, 0.25) is 0 Å². The molecule has 0 aromatic heterocycles. The van der Waals surface area contributed by atoms with Gasteiger partial charge in [0.15, 0.2) is 0 Å². The average Bonchev–Trinajstić information content (AvgIpc) is 2.84. The van der Waals surface area contributed by atoms with E-state index < -0.39 is 0 Å². The molecule has 2 fully saturated rings. The van der Waals surface area contributed by atoms with Gasteiger partial charge in [0.2, 0.25) is 0 Å². The van der Waals surface area contributed by atoms with Gasteiger partial charge >= 0.3 is 6.03 Å². The van der Waals surface area contributed by atoms with Gasteiger partial charge in [-0.15, -0.1) is 0 Å². The summed E-state index contributed by atoms with van der Waals surface area (Å²) in [6.45, 7) is 4.80. The predicted molar refractivity (Wildman–Crippen MR) is 57.6 cm³/mol. The van der Waals surface area contributed by atoms with Crippen molar-refractivity contribution in [2.75, 3.05) is 26.4 Å². The first-order chi connectivity index (χ1) is 7.33. The van der Waals surface area contributed by atoms with E-state index in [1.165, 1.54) is 25.7 Å². The topological polar surface area (TPSA) is 32.8 Å². The molecule has 2 rings (SSSR count). The van der Waals surface area contributed by atoms with Crippen molar-refractivity contribution in [2.24, 2.45) is 0 Å². The summed E-state index contributed by atoms with van der Waals surface area (Å²) in [6.07, 6.45) is 4.93. The van der Waals surface area contributed by atoms with Crippen molar-refractivity contribution >= 4 is 6.03 Å². The molecule has 2 aliphatic rings. The molecule has 1 saturated heterocycles. The minimum absolute atomic E-state index is 0.176. The monoisotopic (exact) mass is 212 g/mol. The van der Waals surface area contributed by atoms with Crippen molar-refractivity contribution in [3.63, 3.8) is 0 Å². The lowest BCUT2D eigenvalue weighted by atomic mass is 10.2. The van der Waals surface area contributed by atoms with Crippen molar-refractivity contribution < 1.29 is 9.53 Å². The number of hydrogen-bond acceptors (Lipinski definition) is 2. The van der Waals surface area contributed by atoms with Gasteiger partial charge in [0.1, 0.15) is 6.73 Å². The van der Waals surface area contributed by atoms with Crippen LogP contribution in [0.25, 0.3) is 0 Å². The highest BCUT2D eigenvalue weighted by molar-refractivity contribution is 5.76. The number of carbonyl (C=O) groups is 1. The molecule has 15 heavy (non-hydrogen) atoms. The molecule has 0 atom stereocenters. The Balaban J connectivity index is 1.85. The highest BCUT2D eigenvalue weighted by atomic mass is 16.5.